The fraction of sp³-hybridized carbons (Fsp3) is 0.467. The van der Waals surface area contributed by atoms with E-state index < -0.39 is 0 Å². The van der Waals surface area contributed by atoms with Gasteiger partial charge in [0.1, 0.15) is 5.82 Å². The molecule has 1 N–H and O–H groups in total. The highest BCUT2D eigenvalue weighted by atomic mass is 15.3. The molecule has 1 aliphatic rings. The summed E-state index contributed by atoms with van der Waals surface area (Å²) in [6, 6.07) is 11.3. The molecule has 0 saturated heterocycles. The number of nitrogens with zero attached hydrogens (tertiary/aromatic N) is 3. The molecule has 19 heavy (non-hydrogen) atoms. The number of benzene rings is 1. The Morgan fingerprint density at radius 1 is 1.21 bits per heavy atom. The first kappa shape index (κ1) is 12.4. The lowest BCUT2D eigenvalue weighted by Crippen LogP contribution is -2.41. The number of hydrogen-bond donors (Lipinski definition) is 1. The van der Waals surface area contributed by atoms with Gasteiger partial charge in [-0.05, 0) is 6.42 Å². The van der Waals surface area contributed by atoms with Gasteiger partial charge in [-0.15, -0.1) is 10.2 Å². The van der Waals surface area contributed by atoms with E-state index in [9.17, 15) is 0 Å². The van der Waals surface area contributed by atoms with Crippen molar-refractivity contribution in [2.45, 2.75) is 45.3 Å². The predicted octanol–water partition coefficient (Wildman–Crippen LogP) is 2.26. The van der Waals surface area contributed by atoms with Crippen molar-refractivity contribution in [3.8, 4) is 11.4 Å². The fourth-order valence-electron chi connectivity index (χ4n) is 2.74. The van der Waals surface area contributed by atoms with Crippen LogP contribution in [0, 0.1) is 0 Å². The average molecular weight is 256 g/mol. The number of aromatic nitrogens is 3. The van der Waals surface area contributed by atoms with E-state index >= 15 is 0 Å². The maximum absolute atomic E-state index is 4.37. The van der Waals surface area contributed by atoms with Gasteiger partial charge in [0.2, 0.25) is 0 Å². The minimum absolute atomic E-state index is 0.517. The van der Waals surface area contributed by atoms with E-state index in [0.717, 1.165) is 36.6 Å². The minimum atomic E-state index is 0.517. The van der Waals surface area contributed by atoms with Crippen molar-refractivity contribution in [1.29, 1.82) is 0 Å². The Hall–Kier alpha value is -1.68. The summed E-state index contributed by atoms with van der Waals surface area (Å²) < 4.78 is 2.26. The van der Waals surface area contributed by atoms with Crippen molar-refractivity contribution in [2.24, 2.45) is 0 Å². The molecular formula is C15H20N4. The molecule has 0 saturated carbocycles. The second-order valence-corrected chi connectivity index (χ2v) is 5.47. The van der Waals surface area contributed by atoms with E-state index in [2.05, 4.69) is 46.1 Å². The van der Waals surface area contributed by atoms with Crippen LogP contribution in [0.15, 0.2) is 30.3 Å². The minimum Gasteiger partial charge on any atom is -0.310 e. The van der Waals surface area contributed by atoms with Gasteiger partial charge in [0.25, 0.3) is 0 Å². The Balaban J connectivity index is 1.89. The van der Waals surface area contributed by atoms with Crippen molar-refractivity contribution in [2.75, 3.05) is 0 Å². The van der Waals surface area contributed by atoms with E-state index in [0.29, 0.717) is 12.1 Å². The second kappa shape index (κ2) is 5.13. The predicted molar refractivity (Wildman–Crippen MR) is 75.8 cm³/mol. The molecule has 1 aromatic heterocycles. The Kier molecular flexibility index (Phi) is 3.34. The topological polar surface area (TPSA) is 42.7 Å². The highest BCUT2D eigenvalue weighted by Gasteiger charge is 2.23. The largest absolute Gasteiger partial charge is 0.310 e. The number of nitrogens with one attached hydrogen (secondary N) is 1. The molecule has 0 spiro atoms. The van der Waals surface area contributed by atoms with Crippen LogP contribution in [0.2, 0.25) is 0 Å². The van der Waals surface area contributed by atoms with Crippen molar-refractivity contribution in [3.63, 3.8) is 0 Å². The van der Waals surface area contributed by atoms with E-state index in [1.807, 2.05) is 18.2 Å². The third-order valence-corrected chi connectivity index (χ3v) is 3.55. The van der Waals surface area contributed by atoms with Gasteiger partial charge in [-0.1, -0.05) is 44.2 Å². The smallest absolute Gasteiger partial charge is 0.164 e. The van der Waals surface area contributed by atoms with Crippen LogP contribution in [-0.2, 0) is 13.0 Å². The molecule has 1 aliphatic heterocycles. The number of aryl methyl sites for hydroxylation is 1. The lowest BCUT2D eigenvalue weighted by molar-refractivity contribution is 0.359. The van der Waals surface area contributed by atoms with Crippen molar-refractivity contribution in [3.05, 3.63) is 36.2 Å². The molecule has 0 amide bonds. The SMILES string of the molecule is CC(C)NC1CCc2nnc(-c3ccccc3)n2C1. The van der Waals surface area contributed by atoms with Crippen LogP contribution in [-0.4, -0.2) is 26.8 Å². The third-order valence-electron chi connectivity index (χ3n) is 3.55. The van der Waals surface area contributed by atoms with Crippen LogP contribution in [0.5, 0.6) is 0 Å². The maximum atomic E-state index is 4.37. The van der Waals surface area contributed by atoms with E-state index in [1.165, 1.54) is 0 Å². The van der Waals surface area contributed by atoms with Gasteiger partial charge in [0.15, 0.2) is 5.82 Å². The van der Waals surface area contributed by atoms with Crippen LogP contribution in [0.25, 0.3) is 11.4 Å². The number of hydrogen-bond acceptors (Lipinski definition) is 3. The monoisotopic (exact) mass is 256 g/mol. The molecule has 100 valence electrons. The van der Waals surface area contributed by atoms with Crippen LogP contribution >= 0.6 is 0 Å². The molecule has 1 unspecified atom stereocenters. The zero-order valence-corrected chi connectivity index (χ0v) is 11.5. The molecule has 1 aromatic carbocycles. The third kappa shape index (κ3) is 2.54. The number of fused-ring (bicyclic) bond motifs is 1. The van der Waals surface area contributed by atoms with Crippen molar-refractivity contribution in [1.82, 2.24) is 20.1 Å². The lowest BCUT2D eigenvalue weighted by atomic mass is 10.1. The first-order valence-electron chi connectivity index (χ1n) is 6.97. The molecular weight excluding hydrogens is 236 g/mol. The van der Waals surface area contributed by atoms with Crippen molar-refractivity contribution >= 4 is 0 Å². The van der Waals surface area contributed by atoms with E-state index in [4.69, 9.17) is 0 Å². The first-order chi connectivity index (χ1) is 9.24. The lowest BCUT2D eigenvalue weighted by Gasteiger charge is -2.27. The normalized spacial score (nSPS) is 18.6. The zero-order valence-electron chi connectivity index (χ0n) is 11.5. The molecule has 4 nitrogen and oxygen atoms in total. The summed E-state index contributed by atoms with van der Waals surface area (Å²) in [5.74, 6) is 2.10. The standard InChI is InChI=1S/C15H20N4/c1-11(2)16-13-8-9-14-17-18-15(19(14)10-13)12-6-4-3-5-7-12/h3-7,11,13,16H,8-10H2,1-2H3. The highest BCUT2D eigenvalue weighted by Crippen LogP contribution is 2.22. The van der Waals surface area contributed by atoms with E-state index in [-0.39, 0.29) is 0 Å². The van der Waals surface area contributed by atoms with E-state index in [1.54, 1.807) is 0 Å². The first-order valence-corrected chi connectivity index (χ1v) is 6.97. The van der Waals surface area contributed by atoms with Gasteiger partial charge < -0.3 is 9.88 Å². The van der Waals surface area contributed by atoms with Gasteiger partial charge in [0, 0.05) is 30.6 Å². The quantitative estimate of drug-likeness (QED) is 0.916. The molecule has 0 bridgehead atoms. The van der Waals surface area contributed by atoms with Gasteiger partial charge in [-0.2, -0.15) is 0 Å². The molecule has 1 atom stereocenters. The number of rotatable bonds is 3. The van der Waals surface area contributed by atoms with Crippen LogP contribution in [0.4, 0.5) is 0 Å². The fourth-order valence-corrected chi connectivity index (χ4v) is 2.74. The Labute approximate surface area is 113 Å². The molecule has 0 radical (unpaired) electrons. The summed E-state index contributed by atoms with van der Waals surface area (Å²) in [4.78, 5) is 0. The summed E-state index contributed by atoms with van der Waals surface area (Å²) in [6.07, 6.45) is 2.15. The molecule has 2 aromatic rings. The highest BCUT2D eigenvalue weighted by molar-refractivity contribution is 5.55. The van der Waals surface area contributed by atoms with Gasteiger partial charge in [-0.25, -0.2) is 0 Å². The molecule has 0 aliphatic carbocycles. The van der Waals surface area contributed by atoms with Crippen LogP contribution < -0.4 is 5.32 Å². The Morgan fingerprint density at radius 3 is 2.74 bits per heavy atom. The average Bonchev–Trinajstić information content (AvgIpc) is 2.82. The molecule has 4 heteroatoms. The van der Waals surface area contributed by atoms with Gasteiger partial charge >= 0.3 is 0 Å². The van der Waals surface area contributed by atoms with Crippen LogP contribution in [0.3, 0.4) is 0 Å². The molecule has 2 heterocycles. The van der Waals surface area contributed by atoms with Crippen LogP contribution in [0.1, 0.15) is 26.1 Å². The summed E-state index contributed by atoms with van der Waals surface area (Å²) in [7, 11) is 0. The summed E-state index contributed by atoms with van der Waals surface area (Å²) >= 11 is 0. The Morgan fingerprint density at radius 2 is 2.00 bits per heavy atom. The summed E-state index contributed by atoms with van der Waals surface area (Å²) in [5.41, 5.74) is 1.14. The maximum Gasteiger partial charge on any atom is 0.164 e. The summed E-state index contributed by atoms with van der Waals surface area (Å²) in [5, 5.41) is 12.3. The Bertz CT molecular complexity index is 545. The second-order valence-electron chi connectivity index (χ2n) is 5.47. The summed E-state index contributed by atoms with van der Waals surface area (Å²) in [6.45, 7) is 5.35. The van der Waals surface area contributed by atoms with Gasteiger partial charge in [0.05, 0.1) is 0 Å². The zero-order chi connectivity index (χ0) is 13.2. The molecule has 3 rings (SSSR count). The van der Waals surface area contributed by atoms with Gasteiger partial charge in [-0.3, -0.25) is 0 Å². The molecule has 0 fully saturated rings. The van der Waals surface area contributed by atoms with Crippen molar-refractivity contribution < 1.29 is 0 Å².